The molecule has 15 heavy (non-hydrogen) atoms. The highest BCUT2D eigenvalue weighted by Crippen LogP contribution is 2.05. The van der Waals surface area contributed by atoms with Crippen LogP contribution >= 0.6 is 0 Å². The molecule has 0 heterocycles. The monoisotopic (exact) mass is 208 g/mol. The Labute approximate surface area is 89.1 Å². The smallest absolute Gasteiger partial charge is 0.234 e. The van der Waals surface area contributed by atoms with E-state index in [1.807, 2.05) is 24.3 Å². The summed E-state index contributed by atoms with van der Waals surface area (Å²) < 4.78 is 0. The summed E-state index contributed by atoms with van der Waals surface area (Å²) in [5.41, 5.74) is 7.00. The molecule has 1 atom stereocenters. The third kappa shape index (κ3) is 3.69. The molecule has 4 nitrogen and oxygen atoms in total. The van der Waals surface area contributed by atoms with Crippen molar-refractivity contribution in [1.29, 1.82) is 0 Å². The van der Waals surface area contributed by atoms with Crippen LogP contribution in [0.15, 0.2) is 24.3 Å². The Bertz CT molecular complexity index is 339. The summed E-state index contributed by atoms with van der Waals surface area (Å²) >= 11 is 0. The first-order valence-corrected chi connectivity index (χ1v) is 4.85. The summed E-state index contributed by atoms with van der Waals surface area (Å²) in [7, 11) is 0. The van der Waals surface area contributed by atoms with Crippen LogP contribution in [0.25, 0.3) is 0 Å². The first-order valence-electron chi connectivity index (χ1n) is 4.85. The third-order valence-electron chi connectivity index (χ3n) is 2.21. The normalized spacial score (nSPS) is 12.4. The van der Waals surface area contributed by atoms with E-state index in [0.29, 0.717) is 6.54 Å². The zero-order valence-electron chi connectivity index (χ0n) is 8.73. The number of hydrogen-bond donors (Lipinski definition) is 3. The van der Waals surface area contributed by atoms with E-state index in [9.17, 15) is 4.79 Å². The fraction of sp³-hybridized carbons (Fsp3) is 0.364. The van der Waals surface area contributed by atoms with Crippen molar-refractivity contribution in [1.82, 2.24) is 5.32 Å². The largest absolute Gasteiger partial charge is 0.392 e. The van der Waals surface area contributed by atoms with Gasteiger partial charge in [-0.2, -0.15) is 0 Å². The lowest BCUT2D eigenvalue weighted by atomic mass is 10.1. The molecule has 0 aliphatic rings. The molecule has 1 unspecified atom stereocenters. The van der Waals surface area contributed by atoms with Crippen molar-refractivity contribution >= 4 is 5.91 Å². The van der Waals surface area contributed by atoms with Gasteiger partial charge in [0, 0.05) is 6.54 Å². The standard InChI is InChI=1S/C11H16N2O2/c1-8(11(12)15)13-6-9-3-2-4-10(5-9)7-14/h2-5,8,13-14H,6-7H2,1H3,(H2,12,15). The maximum absolute atomic E-state index is 10.8. The van der Waals surface area contributed by atoms with E-state index >= 15 is 0 Å². The number of rotatable bonds is 5. The number of primary amides is 1. The van der Waals surface area contributed by atoms with Gasteiger partial charge in [-0.05, 0) is 18.1 Å². The molecule has 4 N–H and O–H groups in total. The van der Waals surface area contributed by atoms with Crippen molar-refractivity contribution in [3.05, 3.63) is 35.4 Å². The molecular weight excluding hydrogens is 192 g/mol. The number of aliphatic hydroxyl groups excluding tert-OH is 1. The summed E-state index contributed by atoms with van der Waals surface area (Å²) in [6.45, 7) is 2.31. The predicted octanol–water partition coefficient (Wildman–Crippen LogP) is 0.142. The third-order valence-corrected chi connectivity index (χ3v) is 2.21. The minimum Gasteiger partial charge on any atom is -0.392 e. The average Bonchev–Trinajstić information content (AvgIpc) is 2.26. The molecular formula is C11H16N2O2. The highest BCUT2D eigenvalue weighted by Gasteiger charge is 2.06. The molecule has 0 saturated carbocycles. The molecule has 0 fully saturated rings. The van der Waals surface area contributed by atoms with Crippen LogP contribution in [0.1, 0.15) is 18.1 Å². The number of hydrogen-bond acceptors (Lipinski definition) is 3. The minimum atomic E-state index is -0.367. The van der Waals surface area contributed by atoms with Gasteiger partial charge in [-0.25, -0.2) is 0 Å². The second-order valence-electron chi connectivity index (χ2n) is 3.48. The van der Waals surface area contributed by atoms with E-state index in [4.69, 9.17) is 10.8 Å². The molecule has 1 rings (SSSR count). The van der Waals surface area contributed by atoms with Gasteiger partial charge in [0.15, 0.2) is 0 Å². The quantitative estimate of drug-likeness (QED) is 0.644. The van der Waals surface area contributed by atoms with E-state index in [-0.39, 0.29) is 18.6 Å². The van der Waals surface area contributed by atoms with Crippen molar-refractivity contribution < 1.29 is 9.90 Å². The number of nitrogens with one attached hydrogen (secondary N) is 1. The van der Waals surface area contributed by atoms with Gasteiger partial charge in [-0.3, -0.25) is 4.79 Å². The SMILES string of the molecule is CC(NCc1cccc(CO)c1)C(N)=O. The molecule has 0 aliphatic heterocycles. The molecule has 4 heteroatoms. The average molecular weight is 208 g/mol. The van der Waals surface area contributed by atoms with E-state index in [1.165, 1.54) is 0 Å². The van der Waals surface area contributed by atoms with E-state index < -0.39 is 0 Å². The Hall–Kier alpha value is -1.39. The Balaban J connectivity index is 2.53. The molecule has 0 saturated heterocycles. The van der Waals surface area contributed by atoms with Crippen molar-refractivity contribution in [3.63, 3.8) is 0 Å². The first-order chi connectivity index (χ1) is 7.13. The summed E-state index contributed by atoms with van der Waals surface area (Å²) in [5.74, 6) is -0.367. The molecule has 1 aromatic rings. The Kier molecular flexibility index (Phi) is 4.27. The molecule has 0 aromatic heterocycles. The second kappa shape index (κ2) is 5.48. The Morgan fingerprint density at radius 3 is 2.80 bits per heavy atom. The lowest BCUT2D eigenvalue weighted by Crippen LogP contribution is -2.38. The van der Waals surface area contributed by atoms with E-state index in [2.05, 4.69) is 5.32 Å². The summed E-state index contributed by atoms with van der Waals surface area (Å²) in [4.78, 5) is 10.8. The van der Waals surface area contributed by atoms with Gasteiger partial charge in [0.2, 0.25) is 5.91 Å². The number of carbonyl (C=O) groups excluding carboxylic acids is 1. The van der Waals surface area contributed by atoms with Gasteiger partial charge in [0.1, 0.15) is 0 Å². The molecule has 0 radical (unpaired) electrons. The first kappa shape index (κ1) is 11.7. The Morgan fingerprint density at radius 1 is 1.53 bits per heavy atom. The van der Waals surface area contributed by atoms with Gasteiger partial charge in [-0.15, -0.1) is 0 Å². The number of benzene rings is 1. The minimum absolute atomic E-state index is 0.0270. The fourth-order valence-electron chi connectivity index (χ4n) is 1.21. The van der Waals surface area contributed by atoms with Crippen LogP contribution in [0.4, 0.5) is 0 Å². The summed E-state index contributed by atoms with van der Waals surface area (Å²) in [6.07, 6.45) is 0. The fourth-order valence-corrected chi connectivity index (χ4v) is 1.21. The van der Waals surface area contributed by atoms with Crippen molar-refractivity contribution in [3.8, 4) is 0 Å². The zero-order chi connectivity index (χ0) is 11.3. The molecule has 1 amide bonds. The lowest BCUT2D eigenvalue weighted by molar-refractivity contribution is -0.119. The molecule has 82 valence electrons. The molecule has 0 spiro atoms. The number of aliphatic hydroxyl groups is 1. The highest BCUT2D eigenvalue weighted by molar-refractivity contribution is 5.79. The van der Waals surface area contributed by atoms with Crippen LogP contribution in [0, 0.1) is 0 Å². The van der Waals surface area contributed by atoms with Gasteiger partial charge in [-0.1, -0.05) is 24.3 Å². The number of nitrogens with two attached hydrogens (primary N) is 1. The van der Waals surface area contributed by atoms with Crippen LogP contribution in [0.3, 0.4) is 0 Å². The molecule has 0 bridgehead atoms. The molecule has 0 aliphatic carbocycles. The number of amides is 1. The van der Waals surface area contributed by atoms with Gasteiger partial charge < -0.3 is 16.2 Å². The Morgan fingerprint density at radius 2 is 2.20 bits per heavy atom. The van der Waals surface area contributed by atoms with Crippen molar-refractivity contribution in [2.45, 2.75) is 26.1 Å². The van der Waals surface area contributed by atoms with Crippen LogP contribution in [-0.4, -0.2) is 17.1 Å². The maximum Gasteiger partial charge on any atom is 0.234 e. The van der Waals surface area contributed by atoms with Gasteiger partial charge >= 0.3 is 0 Å². The second-order valence-corrected chi connectivity index (χ2v) is 3.48. The van der Waals surface area contributed by atoms with Crippen molar-refractivity contribution in [2.75, 3.05) is 0 Å². The van der Waals surface area contributed by atoms with Gasteiger partial charge in [0.05, 0.1) is 12.6 Å². The predicted molar refractivity (Wildman–Crippen MR) is 57.9 cm³/mol. The zero-order valence-corrected chi connectivity index (χ0v) is 8.73. The van der Waals surface area contributed by atoms with Crippen LogP contribution in [0.2, 0.25) is 0 Å². The van der Waals surface area contributed by atoms with E-state index in [1.54, 1.807) is 6.92 Å². The summed E-state index contributed by atoms with van der Waals surface area (Å²) in [5, 5.41) is 11.9. The van der Waals surface area contributed by atoms with E-state index in [0.717, 1.165) is 11.1 Å². The highest BCUT2D eigenvalue weighted by atomic mass is 16.3. The van der Waals surface area contributed by atoms with Crippen LogP contribution < -0.4 is 11.1 Å². The molecule has 1 aromatic carbocycles. The maximum atomic E-state index is 10.8. The lowest BCUT2D eigenvalue weighted by Gasteiger charge is -2.10. The topological polar surface area (TPSA) is 75.3 Å². The number of carbonyl (C=O) groups is 1. The van der Waals surface area contributed by atoms with Crippen LogP contribution in [0.5, 0.6) is 0 Å². The summed E-state index contributed by atoms with van der Waals surface area (Å²) in [6, 6.07) is 7.20. The van der Waals surface area contributed by atoms with Crippen LogP contribution in [-0.2, 0) is 17.9 Å². The van der Waals surface area contributed by atoms with Crippen molar-refractivity contribution in [2.24, 2.45) is 5.73 Å². The van der Waals surface area contributed by atoms with Gasteiger partial charge in [0.25, 0.3) is 0 Å².